The molecule has 94 valence electrons. The molecule has 0 unspecified atom stereocenters. The number of pyridine rings is 1. The molecule has 0 fully saturated rings. The van der Waals surface area contributed by atoms with E-state index in [0.29, 0.717) is 0 Å². The molecule has 1 heteroatoms. The average Bonchev–Trinajstić information content (AvgIpc) is 2.55. The number of nitrogens with one attached hydrogen (secondary N) is 1. The smallest absolute Gasteiger partial charge is 0.204 e. The minimum absolute atomic E-state index is 1.17. The summed E-state index contributed by atoms with van der Waals surface area (Å²) in [7, 11) is 0. The lowest BCUT2D eigenvalue weighted by Crippen LogP contribution is -2.09. The molecule has 0 radical (unpaired) electrons. The van der Waals surface area contributed by atoms with Crippen molar-refractivity contribution in [3.63, 3.8) is 0 Å². The van der Waals surface area contributed by atoms with Crippen molar-refractivity contribution in [1.82, 2.24) is 0 Å². The lowest BCUT2D eigenvalue weighted by molar-refractivity contribution is -0.329. The molecule has 0 aliphatic heterocycles. The minimum Gasteiger partial charge on any atom is -0.204 e. The Hall–Kier alpha value is -2.67. The van der Waals surface area contributed by atoms with E-state index in [1.54, 1.807) is 0 Å². The molecule has 0 bridgehead atoms. The van der Waals surface area contributed by atoms with Gasteiger partial charge < -0.3 is 0 Å². The Morgan fingerprint density at radius 3 is 1.90 bits per heavy atom. The molecule has 4 aromatic rings. The van der Waals surface area contributed by atoms with Crippen LogP contribution in [0.1, 0.15) is 0 Å². The van der Waals surface area contributed by atoms with Gasteiger partial charge in [0.05, 0.1) is 10.8 Å². The zero-order valence-corrected chi connectivity index (χ0v) is 11.0. The third-order valence-corrected chi connectivity index (χ3v) is 3.74. The van der Waals surface area contributed by atoms with E-state index < -0.39 is 0 Å². The van der Waals surface area contributed by atoms with Gasteiger partial charge in [-0.15, -0.1) is 0 Å². The normalized spacial score (nSPS) is 11.0. The summed E-state index contributed by atoms with van der Waals surface area (Å²) >= 11 is 0. The van der Waals surface area contributed by atoms with Gasteiger partial charge in [-0.3, -0.25) is 0 Å². The second-order valence-corrected chi connectivity index (χ2v) is 4.96. The van der Waals surface area contributed by atoms with Gasteiger partial charge in [0.1, 0.15) is 0 Å². The molecule has 1 nitrogen and oxygen atoms in total. The zero-order chi connectivity index (χ0) is 13.4. The molecular formula is C19H14N+. The third kappa shape index (κ3) is 1.68. The first-order valence-electron chi connectivity index (χ1n) is 6.82. The number of aromatic nitrogens is 1. The van der Waals surface area contributed by atoms with Gasteiger partial charge in [-0.05, 0) is 24.3 Å². The predicted octanol–water partition coefficient (Wildman–Crippen LogP) is 4.47. The van der Waals surface area contributed by atoms with E-state index in [1.807, 2.05) is 6.07 Å². The van der Waals surface area contributed by atoms with Crippen molar-refractivity contribution >= 4 is 21.7 Å². The quantitative estimate of drug-likeness (QED) is 0.446. The number of benzene rings is 3. The molecule has 0 spiro atoms. The number of hydrogen-bond acceptors (Lipinski definition) is 0. The van der Waals surface area contributed by atoms with Crippen molar-refractivity contribution in [1.29, 1.82) is 0 Å². The summed E-state index contributed by atoms with van der Waals surface area (Å²) in [6.45, 7) is 0. The van der Waals surface area contributed by atoms with Crippen LogP contribution >= 0.6 is 0 Å². The fourth-order valence-corrected chi connectivity index (χ4v) is 2.80. The first-order valence-corrected chi connectivity index (χ1v) is 6.82. The second-order valence-electron chi connectivity index (χ2n) is 4.96. The summed E-state index contributed by atoms with van der Waals surface area (Å²) in [5.41, 5.74) is 3.57. The van der Waals surface area contributed by atoms with Crippen molar-refractivity contribution in [2.24, 2.45) is 0 Å². The van der Waals surface area contributed by atoms with Crippen molar-refractivity contribution in [2.45, 2.75) is 0 Å². The van der Waals surface area contributed by atoms with Crippen LogP contribution in [0, 0.1) is 0 Å². The van der Waals surface area contributed by atoms with Gasteiger partial charge in [-0.2, -0.15) is 0 Å². The molecule has 0 saturated carbocycles. The summed E-state index contributed by atoms with van der Waals surface area (Å²) in [5, 5.41) is 3.82. The van der Waals surface area contributed by atoms with Crippen LogP contribution in [0.15, 0.2) is 78.9 Å². The molecule has 1 aromatic heterocycles. The monoisotopic (exact) mass is 256 g/mol. The number of aromatic amines is 1. The highest BCUT2D eigenvalue weighted by atomic mass is 14.7. The Bertz CT molecular complexity index is 895. The Kier molecular flexibility index (Phi) is 2.49. The lowest BCUT2D eigenvalue weighted by atomic mass is 10.0. The van der Waals surface area contributed by atoms with Crippen LogP contribution < -0.4 is 4.98 Å². The van der Waals surface area contributed by atoms with Crippen LogP contribution in [-0.2, 0) is 0 Å². The SMILES string of the molecule is c1ccc(-c2[nH+]c3ccccc3c3ccccc23)cc1. The summed E-state index contributed by atoms with van der Waals surface area (Å²) in [6.07, 6.45) is 0. The van der Waals surface area contributed by atoms with E-state index in [2.05, 4.69) is 77.8 Å². The molecule has 0 amide bonds. The molecule has 0 atom stereocenters. The van der Waals surface area contributed by atoms with E-state index in [9.17, 15) is 0 Å². The van der Waals surface area contributed by atoms with Crippen LogP contribution in [0.5, 0.6) is 0 Å². The van der Waals surface area contributed by atoms with Crippen molar-refractivity contribution < 1.29 is 4.98 Å². The first-order chi connectivity index (χ1) is 9.93. The predicted molar refractivity (Wildman–Crippen MR) is 83.4 cm³/mol. The van der Waals surface area contributed by atoms with E-state index in [4.69, 9.17) is 0 Å². The number of H-pyrrole nitrogens is 1. The Morgan fingerprint density at radius 1 is 0.500 bits per heavy atom. The fraction of sp³-hybridized carbons (Fsp3) is 0. The molecule has 1 heterocycles. The minimum atomic E-state index is 1.17. The van der Waals surface area contributed by atoms with E-state index >= 15 is 0 Å². The molecule has 20 heavy (non-hydrogen) atoms. The molecule has 0 aliphatic carbocycles. The maximum Gasteiger partial charge on any atom is 0.219 e. The van der Waals surface area contributed by atoms with Crippen LogP contribution in [-0.4, -0.2) is 0 Å². The van der Waals surface area contributed by atoms with Gasteiger partial charge in [0.2, 0.25) is 11.2 Å². The standard InChI is InChI=1S/C19H13N/c1-2-8-14(9-3-1)19-17-12-5-4-10-15(17)16-11-6-7-13-18(16)20-19/h1-13H/p+1. The first kappa shape index (κ1) is 11.2. The Balaban J connectivity index is 2.19. The number of para-hydroxylation sites is 1. The van der Waals surface area contributed by atoms with Crippen LogP contribution in [0.2, 0.25) is 0 Å². The highest BCUT2D eigenvalue weighted by molar-refractivity contribution is 6.08. The van der Waals surface area contributed by atoms with Crippen molar-refractivity contribution in [3.8, 4) is 11.3 Å². The van der Waals surface area contributed by atoms with Gasteiger partial charge in [0, 0.05) is 17.0 Å². The second kappa shape index (κ2) is 4.46. The molecule has 0 aliphatic rings. The maximum atomic E-state index is 3.59. The highest BCUT2D eigenvalue weighted by Gasteiger charge is 2.14. The van der Waals surface area contributed by atoms with Gasteiger partial charge in [0.25, 0.3) is 0 Å². The summed E-state index contributed by atoms with van der Waals surface area (Å²) in [6, 6.07) is 27.5. The van der Waals surface area contributed by atoms with Crippen LogP contribution in [0.4, 0.5) is 0 Å². The molecular weight excluding hydrogens is 242 g/mol. The lowest BCUT2D eigenvalue weighted by Gasteiger charge is -2.04. The van der Waals surface area contributed by atoms with Gasteiger partial charge in [0.15, 0.2) is 0 Å². The van der Waals surface area contributed by atoms with E-state index in [-0.39, 0.29) is 0 Å². The molecule has 4 rings (SSSR count). The van der Waals surface area contributed by atoms with Gasteiger partial charge in [-0.1, -0.05) is 48.5 Å². The summed E-state index contributed by atoms with van der Waals surface area (Å²) < 4.78 is 0. The largest absolute Gasteiger partial charge is 0.219 e. The number of rotatable bonds is 1. The third-order valence-electron chi connectivity index (χ3n) is 3.74. The zero-order valence-electron chi connectivity index (χ0n) is 11.0. The maximum absolute atomic E-state index is 3.59. The average molecular weight is 256 g/mol. The van der Waals surface area contributed by atoms with Crippen LogP contribution in [0.3, 0.4) is 0 Å². The molecule has 1 N–H and O–H groups in total. The topological polar surface area (TPSA) is 14.1 Å². The Morgan fingerprint density at radius 2 is 1.10 bits per heavy atom. The highest BCUT2D eigenvalue weighted by Crippen LogP contribution is 2.29. The van der Waals surface area contributed by atoms with Gasteiger partial charge >= 0.3 is 0 Å². The van der Waals surface area contributed by atoms with Crippen molar-refractivity contribution in [3.05, 3.63) is 78.9 Å². The molecule has 3 aromatic carbocycles. The molecule has 0 saturated heterocycles. The van der Waals surface area contributed by atoms with Crippen molar-refractivity contribution in [2.75, 3.05) is 0 Å². The Labute approximate surface area is 117 Å². The van der Waals surface area contributed by atoms with Crippen LogP contribution in [0.25, 0.3) is 32.9 Å². The van der Waals surface area contributed by atoms with E-state index in [1.165, 1.54) is 32.9 Å². The van der Waals surface area contributed by atoms with E-state index in [0.717, 1.165) is 0 Å². The number of hydrogen-bond donors (Lipinski definition) is 0. The summed E-state index contributed by atoms with van der Waals surface area (Å²) in [5.74, 6) is 0. The van der Waals surface area contributed by atoms with Gasteiger partial charge in [-0.25, -0.2) is 4.98 Å². The number of fused-ring (bicyclic) bond motifs is 3. The summed E-state index contributed by atoms with van der Waals surface area (Å²) in [4.78, 5) is 3.59. The fourth-order valence-electron chi connectivity index (χ4n) is 2.80.